The highest BCUT2D eigenvalue weighted by atomic mass is 35.5. The molecule has 1 amide bonds. The van der Waals surface area contributed by atoms with Crippen LogP contribution in [0.2, 0.25) is 10.0 Å². The summed E-state index contributed by atoms with van der Waals surface area (Å²) >= 11 is 12.1. The molecule has 0 unspecified atom stereocenters. The first-order valence-electron chi connectivity index (χ1n) is 6.92. The predicted molar refractivity (Wildman–Crippen MR) is 94.4 cm³/mol. The average Bonchev–Trinajstić information content (AvgIpc) is 2.98. The number of para-hydroxylation sites is 1. The smallest absolute Gasteiger partial charge is 0.273 e. The number of carbonyl (C=O) groups is 1. The Labute approximate surface area is 143 Å². The number of H-pyrrole nitrogens is 1. The molecule has 0 aliphatic heterocycles. The number of rotatable bonds is 3. The molecule has 2 aromatic carbocycles. The molecular weight excluding hydrogens is 333 g/mol. The predicted octanol–water partition coefficient (Wildman–Crippen LogP) is 4.63. The minimum Gasteiger partial charge on any atom is -0.360 e. The number of benzene rings is 2. The first-order valence-corrected chi connectivity index (χ1v) is 7.68. The summed E-state index contributed by atoms with van der Waals surface area (Å²) in [6, 6.07) is 12.7. The van der Waals surface area contributed by atoms with E-state index in [0.717, 1.165) is 10.9 Å². The Morgan fingerprint density at radius 2 is 1.91 bits per heavy atom. The van der Waals surface area contributed by atoms with Gasteiger partial charge in [0.1, 0.15) is 0 Å². The van der Waals surface area contributed by atoms with Crippen molar-refractivity contribution >= 4 is 45.7 Å². The van der Waals surface area contributed by atoms with Crippen molar-refractivity contribution in [1.29, 1.82) is 0 Å². The minimum atomic E-state index is -0.292. The summed E-state index contributed by atoms with van der Waals surface area (Å²) in [5, 5.41) is 6.05. The Morgan fingerprint density at radius 1 is 1.13 bits per heavy atom. The van der Waals surface area contributed by atoms with Crippen LogP contribution in [0.1, 0.15) is 22.8 Å². The van der Waals surface area contributed by atoms with Gasteiger partial charge in [-0.25, -0.2) is 5.43 Å². The van der Waals surface area contributed by atoms with Crippen molar-refractivity contribution in [3.63, 3.8) is 0 Å². The van der Waals surface area contributed by atoms with Crippen LogP contribution in [0.15, 0.2) is 53.8 Å². The molecule has 3 rings (SSSR count). The summed E-state index contributed by atoms with van der Waals surface area (Å²) < 4.78 is 0. The average molecular weight is 346 g/mol. The van der Waals surface area contributed by atoms with Crippen LogP contribution < -0.4 is 5.43 Å². The normalized spacial score (nSPS) is 11.7. The molecule has 0 fully saturated rings. The van der Waals surface area contributed by atoms with Gasteiger partial charge in [0.2, 0.25) is 0 Å². The number of nitrogens with one attached hydrogen (secondary N) is 2. The number of halogens is 2. The highest BCUT2D eigenvalue weighted by Crippen LogP contribution is 2.21. The van der Waals surface area contributed by atoms with E-state index in [-0.39, 0.29) is 5.91 Å². The van der Waals surface area contributed by atoms with Crippen molar-refractivity contribution in [2.24, 2.45) is 5.10 Å². The molecule has 0 bridgehead atoms. The number of aromatic amines is 1. The zero-order valence-electron chi connectivity index (χ0n) is 12.2. The number of carbonyl (C=O) groups excluding carboxylic acids is 1. The molecular formula is C17H13Cl2N3O. The molecule has 4 nitrogen and oxygen atoms in total. The third kappa shape index (κ3) is 3.23. The van der Waals surface area contributed by atoms with E-state index in [4.69, 9.17) is 23.2 Å². The Balaban J connectivity index is 1.84. The minimum absolute atomic E-state index is 0.292. The fourth-order valence-corrected chi connectivity index (χ4v) is 2.72. The highest BCUT2D eigenvalue weighted by Gasteiger charge is 2.11. The van der Waals surface area contributed by atoms with Crippen LogP contribution in [0.5, 0.6) is 0 Å². The summed E-state index contributed by atoms with van der Waals surface area (Å²) in [6.07, 6.45) is 1.66. The fourth-order valence-electron chi connectivity index (χ4n) is 2.29. The number of nitrogens with zero attached hydrogens (tertiary/aromatic N) is 1. The molecule has 23 heavy (non-hydrogen) atoms. The van der Waals surface area contributed by atoms with Crippen LogP contribution in [0, 0.1) is 0 Å². The SMILES string of the molecule is C/C(=N\NC(=O)c1c[nH]c2ccccc12)c1cc(Cl)ccc1Cl. The topological polar surface area (TPSA) is 57.2 Å². The van der Waals surface area contributed by atoms with Crippen LogP contribution >= 0.6 is 23.2 Å². The molecule has 0 radical (unpaired) electrons. The zero-order chi connectivity index (χ0) is 16.4. The maximum atomic E-state index is 12.3. The second kappa shape index (κ2) is 6.44. The molecule has 2 N–H and O–H groups in total. The van der Waals surface area contributed by atoms with Gasteiger partial charge in [-0.1, -0.05) is 41.4 Å². The number of hydrogen-bond donors (Lipinski definition) is 2. The van der Waals surface area contributed by atoms with Gasteiger partial charge in [-0.05, 0) is 31.2 Å². The summed E-state index contributed by atoms with van der Waals surface area (Å²) in [4.78, 5) is 15.4. The number of fused-ring (bicyclic) bond motifs is 1. The monoisotopic (exact) mass is 345 g/mol. The molecule has 0 saturated heterocycles. The molecule has 1 heterocycles. The van der Waals surface area contributed by atoms with E-state index in [1.807, 2.05) is 24.3 Å². The van der Waals surface area contributed by atoms with Crippen LogP contribution in [0.4, 0.5) is 0 Å². The van der Waals surface area contributed by atoms with E-state index in [9.17, 15) is 4.79 Å². The Kier molecular flexibility index (Phi) is 4.37. The Morgan fingerprint density at radius 3 is 2.74 bits per heavy atom. The van der Waals surface area contributed by atoms with Crippen molar-refractivity contribution in [3.8, 4) is 0 Å². The molecule has 6 heteroatoms. The molecule has 0 aliphatic carbocycles. The lowest BCUT2D eigenvalue weighted by atomic mass is 10.1. The third-order valence-electron chi connectivity index (χ3n) is 3.48. The summed E-state index contributed by atoms with van der Waals surface area (Å²) in [6.45, 7) is 1.76. The molecule has 0 spiro atoms. The second-order valence-electron chi connectivity index (χ2n) is 5.01. The van der Waals surface area contributed by atoms with Crippen LogP contribution in [-0.4, -0.2) is 16.6 Å². The standard InChI is InChI=1S/C17H13Cl2N3O/c1-10(13-8-11(18)6-7-15(13)19)21-22-17(23)14-9-20-16-5-3-2-4-12(14)16/h2-9,20H,1H3,(H,22,23)/b21-10+. The Hall–Kier alpha value is -2.30. The second-order valence-corrected chi connectivity index (χ2v) is 5.85. The van der Waals surface area contributed by atoms with Gasteiger partial charge in [0.05, 0.1) is 11.3 Å². The summed E-state index contributed by atoms with van der Waals surface area (Å²) in [5.74, 6) is -0.292. The van der Waals surface area contributed by atoms with Crippen molar-refractivity contribution in [2.45, 2.75) is 6.92 Å². The van der Waals surface area contributed by atoms with E-state index >= 15 is 0 Å². The highest BCUT2D eigenvalue weighted by molar-refractivity contribution is 6.36. The van der Waals surface area contributed by atoms with E-state index in [0.29, 0.717) is 26.9 Å². The third-order valence-corrected chi connectivity index (χ3v) is 4.04. The summed E-state index contributed by atoms with van der Waals surface area (Å²) in [7, 11) is 0. The van der Waals surface area contributed by atoms with Gasteiger partial charge < -0.3 is 4.98 Å². The van der Waals surface area contributed by atoms with E-state index in [1.165, 1.54) is 0 Å². The van der Waals surface area contributed by atoms with Gasteiger partial charge in [0.15, 0.2) is 0 Å². The van der Waals surface area contributed by atoms with Gasteiger partial charge in [-0.2, -0.15) is 5.10 Å². The van der Waals surface area contributed by atoms with Gasteiger partial charge in [0, 0.05) is 32.7 Å². The van der Waals surface area contributed by atoms with E-state index < -0.39 is 0 Å². The van der Waals surface area contributed by atoms with Gasteiger partial charge in [-0.15, -0.1) is 0 Å². The summed E-state index contributed by atoms with van der Waals surface area (Å²) in [5.41, 5.74) is 5.24. The molecule has 3 aromatic rings. The van der Waals surface area contributed by atoms with Crippen LogP contribution in [0.25, 0.3) is 10.9 Å². The molecule has 0 atom stereocenters. The van der Waals surface area contributed by atoms with Crippen molar-refractivity contribution in [3.05, 3.63) is 69.8 Å². The lowest BCUT2D eigenvalue weighted by molar-refractivity contribution is 0.0956. The quantitative estimate of drug-likeness (QED) is 0.527. The van der Waals surface area contributed by atoms with Crippen LogP contribution in [-0.2, 0) is 0 Å². The van der Waals surface area contributed by atoms with Gasteiger partial charge >= 0.3 is 0 Å². The first kappa shape index (κ1) is 15.6. The van der Waals surface area contributed by atoms with Crippen molar-refractivity contribution < 1.29 is 4.79 Å². The van der Waals surface area contributed by atoms with Crippen molar-refractivity contribution in [1.82, 2.24) is 10.4 Å². The zero-order valence-corrected chi connectivity index (χ0v) is 13.7. The number of aromatic nitrogens is 1. The molecule has 0 saturated carbocycles. The van der Waals surface area contributed by atoms with Crippen LogP contribution in [0.3, 0.4) is 0 Å². The lowest BCUT2D eigenvalue weighted by Crippen LogP contribution is -2.19. The lowest BCUT2D eigenvalue weighted by Gasteiger charge is -2.05. The number of hydrogen-bond acceptors (Lipinski definition) is 2. The fraction of sp³-hybridized carbons (Fsp3) is 0.0588. The van der Waals surface area contributed by atoms with Gasteiger partial charge in [-0.3, -0.25) is 4.79 Å². The maximum Gasteiger partial charge on any atom is 0.273 e. The molecule has 1 aromatic heterocycles. The molecule has 116 valence electrons. The van der Waals surface area contributed by atoms with E-state index in [1.54, 1.807) is 31.3 Å². The Bertz CT molecular complexity index is 915. The largest absolute Gasteiger partial charge is 0.360 e. The first-order chi connectivity index (χ1) is 11.1. The van der Waals surface area contributed by atoms with Gasteiger partial charge in [0.25, 0.3) is 5.91 Å². The van der Waals surface area contributed by atoms with Crippen molar-refractivity contribution in [2.75, 3.05) is 0 Å². The van der Waals surface area contributed by atoms with E-state index in [2.05, 4.69) is 15.5 Å². The number of hydrazone groups is 1. The molecule has 0 aliphatic rings. The number of amides is 1. The maximum absolute atomic E-state index is 12.3.